The number of benzene rings is 1. The second kappa shape index (κ2) is 11.5. The lowest BCUT2D eigenvalue weighted by Gasteiger charge is -2.27. The Morgan fingerprint density at radius 3 is 2.79 bits per heavy atom. The number of hydrogen-bond donors (Lipinski definition) is 2. The van der Waals surface area contributed by atoms with Gasteiger partial charge in [0.05, 0.1) is 10.6 Å². The van der Waals surface area contributed by atoms with E-state index in [1.807, 2.05) is 37.4 Å². The molecule has 1 aliphatic rings. The third-order valence-corrected chi connectivity index (χ3v) is 9.38. The summed E-state index contributed by atoms with van der Waals surface area (Å²) in [6.07, 6.45) is 1.18. The maximum absolute atomic E-state index is 13.4. The minimum atomic E-state index is -3.71. The topological polar surface area (TPSA) is 107 Å². The summed E-state index contributed by atoms with van der Waals surface area (Å²) in [5.74, 6) is 0.422. The van der Waals surface area contributed by atoms with Crippen molar-refractivity contribution in [3.8, 4) is 22.0 Å². The number of hydrogen-bond acceptors (Lipinski definition) is 7. The van der Waals surface area contributed by atoms with Crippen molar-refractivity contribution < 1.29 is 17.3 Å². The summed E-state index contributed by atoms with van der Waals surface area (Å²) in [4.78, 5) is 3.20. The van der Waals surface area contributed by atoms with Crippen molar-refractivity contribution in [2.45, 2.75) is 39.3 Å². The predicted molar refractivity (Wildman–Crippen MR) is 145 cm³/mol. The molecule has 0 saturated carbocycles. The minimum absolute atomic E-state index is 0.123. The zero-order valence-corrected chi connectivity index (χ0v) is 23.0. The number of likely N-dealkylation sites (tertiary alicyclic amines) is 1. The molecule has 0 spiro atoms. The summed E-state index contributed by atoms with van der Waals surface area (Å²) >= 11 is 1.57. The standard InChI is InChI=1S/C26H31FN6O3S2/c1-3-33(21-11-13-32(17-21)16-19-6-8-20(27)9-7-19)38(34,35)28-12-10-22-25(23-15-18(2)36-31-23)29-30-26(22)24-5-4-14-37-24/h4-9,14-15,21,28H,3,10-13,16-17H2,1-2H3,(H,29,30)/t21-/m1/s1. The van der Waals surface area contributed by atoms with E-state index in [-0.39, 0.29) is 18.4 Å². The Labute approximate surface area is 225 Å². The molecule has 12 heteroatoms. The van der Waals surface area contributed by atoms with Crippen LogP contribution < -0.4 is 4.72 Å². The van der Waals surface area contributed by atoms with Crippen molar-refractivity contribution in [2.24, 2.45) is 0 Å². The van der Waals surface area contributed by atoms with E-state index in [1.165, 1.54) is 12.1 Å². The number of aromatic nitrogens is 3. The average Bonchev–Trinajstić information content (AvgIpc) is 3.69. The molecule has 1 atom stereocenters. The van der Waals surface area contributed by atoms with Crippen LogP contribution >= 0.6 is 11.3 Å². The minimum Gasteiger partial charge on any atom is -0.361 e. The Bertz CT molecular complexity index is 1450. The summed E-state index contributed by atoms with van der Waals surface area (Å²) in [5, 5.41) is 13.7. The Hall–Kier alpha value is -2.90. The molecule has 9 nitrogen and oxygen atoms in total. The molecule has 5 rings (SSSR count). The number of aryl methyl sites for hydroxylation is 1. The fourth-order valence-electron chi connectivity index (χ4n) is 4.97. The van der Waals surface area contributed by atoms with Gasteiger partial charge in [-0.15, -0.1) is 11.3 Å². The second-order valence-corrected chi connectivity index (χ2v) is 12.0. The van der Waals surface area contributed by atoms with E-state index in [2.05, 4.69) is 25.0 Å². The zero-order chi connectivity index (χ0) is 26.7. The molecule has 38 heavy (non-hydrogen) atoms. The molecule has 2 N–H and O–H groups in total. The van der Waals surface area contributed by atoms with Crippen molar-refractivity contribution in [3.63, 3.8) is 0 Å². The SMILES string of the molecule is CCN([C@@H]1CCN(Cc2ccc(F)cc2)C1)S(=O)(=O)NCCc1c(-c2cccs2)n[nH]c1-c1cc(C)on1. The first-order chi connectivity index (χ1) is 18.3. The molecule has 1 fully saturated rings. The zero-order valence-electron chi connectivity index (χ0n) is 21.4. The van der Waals surface area contributed by atoms with Gasteiger partial charge in [-0.1, -0.05) is 30.3 Å². The third-order valence-electron chi connectivity index (χ3n) is 6.76. The summed E-state index contributed by atoms with van der Waals surface area (Å²) in [6, 6.07) is 12.1. The van der Waals surface area contributed by atoms with Crippen molar-refractivity contribution in [3.05, 3.63) is 70.5 Å². The smallest absolute Gasteiger partial charge is 0.279 e. The van der Waals surface area contributed by atoms with Gasteiger partial charge in [-0.2, -0.15) is 17.8 Å². The van der Waals surface area contributed by atoms with Crippen LogP contribution in [0.2, 0.25) is 0 Å². The lowest BCUT2D eigenvalue weighted by atomic mass is 10.1. The van der Waals surface area contributed by atoms with Gasteiger partial charge < -0.3 is 4.52 Å². The number of halogens is 1. The molecule has 0 aliphatic carbocycles. The van der Waals surface area contributed by atoms with E-state index < -0.39 is 10.2 Å². The highest BCUT2D eigenvalue weighted by Gasteiger charge is 2.34. The highest BCUT2D eigenvalue weighted by molar-refractivity contribution is 7.87. The Kier molecular flexibility index (Phi) is 8.05. The molecule has 1 aliphatic heterocycles. The molecule has 4 aromatic rings. The average molecular weight is 559 g/mol. The fourth-order valence-corrected chi connectivity index (χ4v) is 7.14. The highest BCUT2D eigenvalue weighted by atomic mass is 32.2. The van der Waals surface area contributed by atoms with Crippen LogP contribution in [0, 0.1) is 12.7 Å². The number of aromatic amines is 1. The van der Waals surface area contributed by atoms with Crippen LogP contribution in [0.1, 0.15) is 30.2 Å². The normalized spacial score (nSPS) is 16.6. The molecular formula is C26H31FN6O3S2. The number of nitrogens with zero attached hydrogens (tertiary/aromatic N) is 4. The number of rotatable bonds is 11. The van der Waals surface area contributed by atoms with Crippen molar-refractivity contribution in [1.82, 2.24) is 29.3 Å². The van der Waals surface area contributed by atoms with Gasteiger partial charge in [0, 0.05) is 50.4 Å². The first kappa shape index (κ1) is 26.7. The summed E-state index contributed by atoms with van der Waals surface area (Å²) in [7, 11) is -3.71. The van der Waals surface area contributed by atoms with Crippen LogP contribution in [0.5, 0.6) is 0 Å². The van der Waals surface area contributed by atoms with Gasteiger partial charge in [-0.25, -0.2) is 9.11 Å². The Balaban J connectivity index is 1.25. The summed E-state index contributed by atoms with van der Waals surface area (Å²) in [5.41, 5.74) is 4.05. The van der Waals surface area contributed by atoms with E-state index in [9.17, 15) is 12.8 Å². The molecule has 0 bridgehead atoms. The quantitative estimate of drug-likeness (QED) is 0.286. The van der Waals surface area contributed by atoms with Gasteiger partial charge in [-0.3, -0.25) is 10.00 Å². The van der Waals surface area contributed by atoms with Gasteiger partial charge >= 0.3 is 0 Å². The molecule has 4 heterocycles. The Morgan fingerprint density at radius 2 is 2.11 bits per heavy atom. The van der Waals surface area contributed by atoms with Gasteiger partial charge in [0.15, 0.2) is 0 Å². The van der Waals surface area contributed by atoms with Crippen LogP contribution in [0.4, 0.5) is 4.39 Å². The van der Waals surface area contributed by atoms with E-state index in [1.54, 1.807) is 27.8 Å². The second-order valence-electron chi connectivity index (χ2n) is 9.38. The van der Waals surface area contributed by atoms with E-state index in [4.69, 9.17) is 4.52 Å². The molecule has 0 radical (unpaired) electrons. The highest BCUT2D eigenvalue weighted by Crippen LogP contribution is 2.32. The molecule has 0 unspecified atom stereocenters. The van der Waals surface area contributed by atoms with Crippen LogP contribution in [-0.4, -0.2) is 65.2 Å². The molecule has 3 aromatic heterocycles. The largest absolute Gasteiger partial charge is 0.361 e. The van der Waals surface area contributed by atoms with Crippen LogP contribution in [-0.2, 0) is 23.2 Å². The maximum Gasteiger partial charge on any atom is 0.279 e. The van der Waals surface area contributed by atoms with Crippen LogP contribution in [0.3, 0.4) is 0 Å². The molecule has 1 saturated heterocycles. The summed E-state index contributed by atoms with van der Waals surface area (Å²) in [6.45, 7) is 6.35. The van der Waals surface area contributed by atoms with Crippen LogP contribution in [0.15, 0.2) is 52.4 Å². The molecule has 202 valence electrons. The first-order valence-corrected chi connectivity index (χ1v) is 14.9. The monoisotopic (exact) mass is 558 g/mol. The number of thiophene rings is 1. The van der Waals surface area contributed by atoms with Crippen molar-refractivity contribution in [1.29, 1.82) is 0 Å². The molecule has 0 amide bonds. The van der Waals surface area contributed by atoms with Gasteiger partial charge in [-0.05, 0) is 48.9 Å². The maximum atomic E-state index is 13.4. The lowest BCUT2D eigenvalue weighted by Crippen LogP contribution is -2.48. The Morgan fingerprint density at radius 1 is 1.29 bits per heavy atom. The van der Waals surface area contributed by atoms with Gasteiger partial charge in [0.2, 0.25) is 0 Å². The number of H-pyrrole nitrogens is 1. The van der Waals surface area contributed by atoms with Gasteiger partial charge in [0.1, 0.15) is 23.0 Å². The molecular weight excluding hydrogens is 527 g/mol. The van der Waals surface area contributed by atoms with Crippen molar-refractivity contribution >= 4 is 21.5 Å². The fraction of sp³-hybridized carbons (Fsp3) is 0.385. The first-order valence-electron chi connectivity index (χ1n) is 12.6. The third kappa shape index (κ3) is 5.89. The lowest BCUT2D eigenvalue weighted by molar-refractivity contribution is 0.284. The predicted octanol–water partition coefficient (Wildman–Crippen LogP) is 4.21. The summed E-state index contributed by atoms with van der Waals surface area (Å²) < 4.78 is 49.6. The number of nitrogens with one attached hydrogen (secondary N) is 2. The number of likely N-dealkylation sites (N-methyl/N-ethyl adjacent to an activating group) is 1. The van der Waals surface area contributed by atoms with Crippen LogP contribution in [0.25, 0.3) is 22.0 Å². The van der Waals surface area contributed by atoms with E-state index >= 15 is 0 Å². The van der Waals surface area contributed by atoms with E-state index in [0.29, 0.717) is 37.5 Å². The van der Waals surface area contributed by atoms with E-state index in [0.717, 1.165) is 40.4 Å². The van der Waals surface area contributed by atoms with Crippen molar-refractivity contribution in [2.75, 3.05) is 26.2 Å². The van der Waals surface area contributed by atoms with Gasteiger partial charge in [0.25, 0.3) is 10.2 Å². The molecule has 1 aromatic carbocycles.